The molecule has 0 fully saturated rings. The number of carbonyl (C=O) groups is 6. The average molecular weight is 572 g/mol. The Labute approximate surface area is 229 Å². The number of carboxylic acids is 2. The molecule has 1 aromatic carbocycles. The lowest BCUT2D eigenvalue weighted by molar-refractivity contribution is -0.151. The minimum absolute atomic E-state index is 0.0181. The van der Waals surface area contributed by atoms with Gasteiger partial charge in [0.2, 0.25) is 18.2 Å². The van der Waals surface area contributed by atoms with Crippen LogP contribution in [0.1, 0.15) is 62.9 Å². The Morgan fingerprint density at radius 3 is 1.90 bits per heavy atom. The van der Waals surface area contributed by atoms with E-state index in [1.807, 2.05) is 5.32 Å². The average Bonchev–Trinajstić information content (AvgIpc) is 2.88. The maximum atomic E-state index is 13.2. The van der Waals surface area contributed by atoms with E-state index in [2.05, 4.69) is 10.6 Å². The molecule has 0 aliphatic rings. The number of nitrogens with one attached hydrogen (secondary N) is 3. The number of amides is 3. The number of carbonyl (C=O) groups excluding carboxylic acids is 4. The van der Waals surface area contributed by atoms with Gasteiger partial charge in [0.1, 0.15) is 24.7 Å². The van der Waals surface area contributed by atoms with Gasteiger partial charge in [0.05, 0.1) is 5.56 Å². The van der Waals surface area contributed by atoms with Crippen molar-refractivity contribution in [3.05, 3.63) is 35.4 Å². The van der Waals surface area contributed by atoms with Crippen molar-refractivity contribution in [1.82, 2.24) is 16.0 Å². The van der Waals surface area contributed by atoms with Gasteiger partial charge >= 0.3 is 18.0 Å². The molecule has 0 radical (unpaired) electrons. The van der Waals surface area contributed by atoms with Gasteiger partial charge in [0, 0.05) is 6.42 Å². The number of alkyl carbamates (subject to hydrolysis) is 1. The topological polar surface area (TPSA) is 188 Å². The molecule has 12 nitrogen and oxygen atoms in total. The third-order valence-electron chi connectivity index (χ3n) is 5.94. The standard InChI is InChI=1S/C26H35F2N3O9/c1-5-14(4)20(31-26(39)40-12-15-6-8-16(9-7-15)24(35)36)23(34)30-18(10-13(2)3)22(33)29-17(11-19(27)28)21(32)25(37)38/h6-9,13-14,17-20H,5,10-12H2,1-4H3,(H,29,33)(H,30,34)(H,31,39)(H,35,36)(H,37,38)/t14?,17?,18-,20-/m0/s1. The number of hydrogen-bond acceptors (Lipinski definition) is 7. The summed E-state index contributed by atoms with van der Waals surface area (Å²) in [5, 5.41) is 24.8. The second kappa shape index (κ2) is 16.1. The van der Waals surface area contributed by atoms with Gasteiger partial charge in [-0.15, -0.1) is 0 Å². The molecule has 0 saturated heterocycles. The number of Topliss-reactive ketones (excluding diaryl/α,β-unsaturated/α-hetero) is 1. The molecule has 40 heavy (non-hydrogen) atoms. The number of aromatic carboxylic acids is 1. The van der Waals surface area contributed by atoms with Gasteiger partial charge < -0.3 is 30.9 Å². The fourth-order valence-electron chi connectivity index (χ4n) is 3.56. The molecular weight excluding hydrogens is 536 g/mol. The Morgan fingerprint density at radius 1 is 0.850 bits per heavy atom. The van der Waals surface area contributed by atoms with Crippen molar-refractivity contribution in [3.8, 4) is 0 Å². The number of rotatable bonds is 16. The van der Waals surface area contributed by atoms with Crippen molar-refractivity contribution in [3.63, 3.8) is 0 Å². The summed E-state index contributed by atoms with van der Waals surface area (Å²) in [5.41, 5.74) is 0.544. The summed E-state index contributed by atoms with van der Waals surface area (Å²) in [4.78, 5) is 72.3. The number of halogens is 2. The lowest BCUT2D eigenvalue weighted by atomic mass is 9.96. The summed E-state index contributed by atoms with van der Waals surface area (Å²) < 4.78 is 31.0. The van der Waals surface area contributed by atoms with Gasteiger partial charge in [-0.25, -0.2) is 23.2 Å². The van der Waals surface area contributed by atoms with Crippen LogP contribution in [0.4, 0.5) is 13.6 Å². The molecule has 0 bridgehead atoms. The van der Waals surface area contributed by atoms with E-state index in [1.54, 1.807) is 27.7 Å². The van der Waals surface area contributed by atoms with Crippen molar-refractivity contribution >= 4 is 35.6 Å². The van der Waals surface area contributed by atoms with Crippen LogP contribution in [0, 0.1) is 11.8 Å². The molecule has 0 aliphatic carbocycles. The molecule has 0 heterocycles. The van der Waals surface area contributed by atoms with E-state index in [1.165, 1.54) is 24.3 Å². The number of ether oxygens (including phenoxy) is 1. The maximum Gasteiger partial charge on any atom is 0.408 e. The highest BCUT2D eigenvalue weighted by Gasteiger charge is 2.34. The lowest BCUT2D eigenvalue weighted by Crippen LogP contribution is -2.58. The maximum absolute atomic E-state index is 13.2. The van der Waals surface area contributed by atoms with Crippen LogP contribution in [-0.2, 0) is 30.5 Å². The first kappa shape index (κ1) is 33.9. The molecule has 5 N–H and O–H groups in total. The predicted molar refractivity (Wildman–Crippen MR) is 137 cm³/mol. The second-order valence-electron chi connectivity index (χ2n) is 9.63. The van der Waals surface area contributed by atoms with Crippen molar-refractivity contribution < 1.29 is 52.5 Å². The Kier molecular flexibility index (Phi) is 13.7. The third kappa shape index (κ3) is 11.3. The molecular formula is C26H35F2N3O9. The van der Waals surface area contributed by atoms with Gasteiger partial charge in [0.15, 0.2) is 0 Å². The van der Waals surface area contributed by atoms with E-state index in [0.29, 0.717) is 12.0 Å². The van der Waals surface area contributed by atoms with Crippen molar-refractivity contribution in [2.75, 3.05) is 0 Å². The predicted octanol–water partition coefficient (Wildman–Crippen LogP) is 2.35. The van der Waals surface area contributed by atoms with Crippen LogP contribution in [0.25, 0.3) is 0 Å². The third-order valence-corrected chi connectivity index (χ3v) is 5.94. The minimum Gasteiger partial charge on any atom is -0.478 e. The lowest BCUT2D eigenvalue weighted by Gasteiger charge is -2.27. The van der Waals surface area contributed by atoms with Crippen LogP contribution in [0.5, 0.6) is 0 Å². The largest absolute Gasteiger partial charge is 0.478 e. The van der Waals surface area contributed by atoms with Gasteiger partial charge in [-0.05, 0) is 36.0 Å². The number of carboxylic acid groups (broad SMARTS) is 2. The van der Waals surface area contributed by atoms with Crippen molar-refractivity contribution in [2.45, 2.75) is 78.1 Å². The monoisotopic (exact) mass is 571 g/mol. The first-order valence-electron chi connectivity index (χ1n) is 12.6. The van der Waals surface area contributed by atoms with Crippen LogP contribution >= 0.6 is 0 Å². The highest BCUT2D eigenvalue weighted by Crippen LogP contribution is 2.13. The minimum atomic E-state index is -3.08. The number of aliphatic carboxylic acids is 1. The van der Waals surface area contributed by atoms with E-state index in [-0.39, 0.29) is 24.5 Å². The SMILES string of the molecule is CCC(C)[C@H](NC(=O)OCc1ccc(C(=O)O)cc1)C(=O)N[C@@H](CC(C)C)C(=O)NC(CC(F)F)C(=O)C(=O)O. The first-order valence-corrected chi connectivity index (χ1v) is 12.6. The Bertz CT molecular complexity index is 1060. The molecule has 2 unspecified atom stereocenters. The molecule has 222 valence electrons. The summed E-state index contributed by atoms with van der Waals surface area (Å²) >= 11 is 0. The Morgan fingerprint density at radius 2 is 1.43 bits per heavy atom. The number of alkyl halides is 2. The molecule has 1 rings (SSSR count). The fraction of sp³-hybridized carbons (Fsp3) is 0.538. The zero-order chi connectivity index (χ0) is 30.6. The first-order chi connectivity index (χ1) is 18.7. The van der Waals surface area contributed by atoms with Crippen LogP contribution in [0.15, 0.2) is 24.3 Å². The number of hydrogen-bond donors (Lipinski definition) is 5. The Hall–Kier alpha value is -4.10. The van der Waals surface area contributed by atoms with Crippen molar-refractivity contribution in [2.24, 2.45) is 11.8 Å². The number of ketones is 1. The quantitative estimate of drug-likeness (QED) is 0.186. The molecule has 0 saturated carbocycles. The smallest absolute Gasteiger partial charge is 0.408 e. The van der Waals surface area contributed by atoms with Crippen LogP contribution in [0.3, 0.4) is 0 Å². The summed E-state index contributed by atoms with van der Waals surface area (Å²) in [6, 6.07) is 1.09. The summed E-state index contributed by atoms with van der Waals surface area (Å²) in [6.45, 7) is 6.64. The van der Waals surface area contributed by atoms with Gasteiger partial charge in [-0.2, -0.15) is 0 Å². The summed E-state index contributed by atoms with van der Waals surface area (Å²) in [5.74, 6) is -7.17. The van der Waals surface area contributed by atoms with E-state index in [9.17, 15) is 37.5 Å². The highest BCUT2D eigenvalue weighted by molar-refractivity contribution is 6.35. The fourth-order valence-corrected chi connectivity index (χ4v) is 3.56. The van der Waals surface area contributed by atoms with Gasteiger partial charge in [-0.1, -0.05) is 46.2 Å². The Balaban J connectivity index is 2.98. The molecule has 0 spiro atoms. The van der Waals surface area contributed by atoms with Gasteiger partial charge in [0.25, 0.3) is 5.78 Å². The van der Waals surface area contributed by atoms with Gasteiger partial charge in [-0.3, -0.25) is 14.4 Å². The zero-order valence-corrected chi connectivity index (χ0v) is 22.6. The van der Waals surface area contributed by atoms with Crippen LogP contribution in [-0.4, -0.2) is 70.4 Å². The normalized spacial score (nSPS) is 14.0. The van der Waals surface area contributed by atoms with E-state index < -0.39 is 72.5 Å². The molecule has 0 aliphatic heterocycles. The molecule has 14 heteroatoms. The van der Waals surface area contributed by atoms with E-state index >= 15 is 0 Å². The van der Waals surface area contributed by atoms with E-state index in [0.717, 1.165) is 0 Å². The summed E-state index contributed by atoms with van der Waals surface area (Å²) in [6.07, 6.45) is -4.81. The van der Waals surface area contributed by atoms with Crippen LogP contribution < -0.4 is 16.0 Å². The number of benzene rings is 1. The van der Waals surface area contributed by atoms with Crippen molar-refractivity contribution in [1.29, 1.82) is 0 Å². The molecule has 4 atom stereocenters. The molecule has 0 aromatic heterocycles. The van der Waals surface area contributed by atoms with E-state index in [4.69, 9.17) is 14.9 Å². The molecule has 3 amide bonds. The summed E-state index contributed by atoms with van der Waals surface area (Å²) in [7, 11) is 0. The molecule has 1 aromatic rings. The highest BCUT2D eigenvalue weighted by atomic mass is 19.3. The zero-order valence-electron chi connectivity index (χ0n) is 22.6. The second-order valence-corrected chi connectivity index (χ2v) is 9.63. The van der Waals surface area contributed by atoms with Crippen LogP contribution in [0.2, 0.25) is 0 Å².